The molecule has 0 saturated carbocycles. The molecule has 0 aromatic carbocycles. The Hall–Kier alpha value is -0.960. The third-order valence-corrected chi connectivity index (χ3v) is 2.82. The van der Waals surface area contributed by atoms with E-state index in [9.17, 15) is 22.8 Å². The van der Waals surface area contributed by atoms with E-state index in [1.165, 1.54) is 14.0 Å². The Labute approximate surface area is 106 Å². The Bertz CT molecular complexity index is 311. The fourth-order valence-electron chi connectivity index (χ4n) is 1.04. The topological polar surface area (TPSA) is 75.6 Å². The van der Waals surface area contributed by atoms with E-state index in [0.717, 1.165) is 0 Å². The number of carbonyl (C=O) groups is 2. The molecule has 0 aromatic rings. The second-order valence-electron chi connectivity index (χ2n) is 3.73. The van der Waals surface area contributed by atoms with Crippen LogP contribution < -0.4 is 5.32 Å². The molecule has 18 heavy (non-hydrogen) atoms. The minimum absolute atomic E-state index is 0.280. The van der Waals surface area contributed by atoms with Crippen LogP contribution in [0.1, 0.15) is 6.92 Å². The molecule has 0 aliphatic rings. The predicted octanol–water partition coefficient (Wildman–Crippen LogP) is 0.888. The zero-order valence-electron chi connectivity index (χ0n) is 9.84. The van der Waals surface area contributed by atoms with Crippen molar-refractivity contribution in [1.82, 2.24) is 5.32 Å². The standard InChI is InChI=1S/C9H14F3NO4S/c1-8(4-17-2,7(15)16)13-6(14)3-18-5-9(10,11)12/h3-5H2,1-2H3,(H,13,14)(H,15,16). The van der Waals surface area contributed by atoms with E-state index in [0.29, 0.717) is 11.8 Å². The van der Waals surface area contributed by atoms with Crippen LogP contribution in [0.5, 0.6) is 0 Å². The van der Waals surface area contributed by atoms with Crippen LogP contribution >= 0.6 is 11.8 Å². The highest BCUT2D eigenvalue weighted by Gasteiger charge is 2.35. The molecule has 0 saturated heterocycles. The van der Waals surface area contributed by atoms with Gasteiger partial charge in [0.25, 0.3) is 0 Å². The van der Waals surface area contributed by atoms with Crippen molar-refractivity contribution in [3.05, 3.63) is 0 Å². The molecule has 0 spiro atoms. The predicted molar refractivity (Wildman–Crippen MR) is 59.4 cm³/mol. The maximum atomic E-state index is 11.8. The second kappa shape index (κ2) is 6.83. The number of hydrogen-bond acceptors (Lipinski definition) is 4. The Morgan fingerprint density at radius 2 is 1.94 bits per heavy atom. The lowest BCUT2D eigenvalue weighted by molar-refractivity contribution is -0.148. The zero-order valence-corrected chi connectivity index (χ0v) is 10.7. The molecule has 0 fully saturated rings. The monoisotopic (exact) mass is 289 g/mol. The van der Waals surface area contributed by atoms with Gasteiger partial charge in [-0.3, -0.25) is 4.79 Å². The quantitative estimate of drug-likeness (QED) is 0.728. The lowest BCUT2D eigenvalue weighted by Crippen LogP contribution is -2.55. The van der Waals surface area contributed by atoms with Crippen LogP contribution in [0.3, 0.4) is 0 Å². The molecule has 1 unspecified atom stereocenters. The molecule has 5 nitrogen and oxygen atoms in total. The molecule has 0 heterocycles. The number of nitrogens with one attached hydrogen (secondary N) is 1. The summed E-state index contributed by atoms with van der Waals surface area (Å²) in [6.07, 6.45) is -4.35. The van der Waals surface area contributed by atoms with E-state index in [4.69, 9.17) is 5.11 Å². The summed E-state index contributed by atoms with van der Waals surface area (Å²) in [6, 6.07) is 0. The first-order valence-electron chi connectivity index (χ1n) is 4.78. The third-order valence-electron chi connectivity index (χ3n) is 1.82. The molecule has 0 aliphatic carbocycles. The van der Waals surface area contributed by atoms with Crippen LogP contribution in [-0.4, -0.2) is 53.9 Å². The number of carboxylic acids is 1. The number of amides is 1. The number of halogens is 3. The molecule has 0 aliphatic heterocycles. The molecule has 1 atom stereocenters. The van der Waals surface area contributed by atoms with Crippen molar-refractivity contribution < 1.29 is 32.6 Å². The minimum atomic E-state index is -4.35. The third kappa shape index (κ3) is 6.70. The maximum absolute atomic E-state index is 11.8. The van der Waals surface area contributed by atoms with Crippen LogP contribution in [0.4, 0.5) is 13.2 Å². The molecule has 0 rings (SSSR count). The number of ether oxygens (including phenoxy) is 1. The summed E-state index contributed by atoms with van der Waals surface area (Å²) in [5.74, 6) is -3.73. The summed E-state index contributed by atoms with van der Waals surface area (Å²) in [4.78, 5) is 22.2. The number of rotatable bonds is 7. The van der Waals surface area contributed by atoms with Crippen molar-refractivity contribution >= 4 is 23.6 Å². The van der Waals surface area contributed by atoms with Gasteiger partial charge in [0.1, 0.15) is 0 Å². The summed E-state index contributed by atoms with van der Waals surface area (Å²) in [6.45, 7) is 0.934. The zero-order chi connectivity index (χ0) is 14.4. The van der Waals surface area contributed by atoms with Gasteiger partial charge >= 0.3 is 12.1 Å². The SMILES string of the molecule is COCC(C)(NC(=O)CSCC(F)(F)F)C(=O)O. The fraction of sp³-hybridized carbons (Fsp3) is 0.778. The highest BCUT2D eigenvalue weighted by Crippen LogP contribution is 2.20. The van der Waals surface area contributed by atoms with Crippen molar-refractivity contribution in [2.24, 2.45) is 0 Å². The molecule has 1 amide bonds. The Morgan fingerprint density at radius 1 is 1.39 bits per heavy atom. The maximum Gasteiger partial charge on any atom is 0.397 e. The number of carboxylic acid groups (broad SMARTS) is 1. The van der Waals surface area contributed by atoms with Gasteiger partial charge in [-0.15, -0.1) is 11.8 Å². The number of carbonyl (C=O) groups excluding carboxylic acids is 1. The summed E-state index contributed by atoms with van der Waals surface area (Å²) >= 11 is 0.368. The molecule has 0 aromatic heterocycles. The van der Waals surface area contributed by atoms with Gasteiger partial charge in [0, 0.05) is 7.11 Å². The van der Waals surface area contributed by atoms with Gasteiger partial charge in [0.05, 0.1) is 18.1 Å². The smallest absolute Gasteiger partial charge is 0.397 e. The largest absolute Gasteiger partial charge is 0.479 e. The molecule has 2 N–H and O–H groups in total. The van der Waals surface area contributed by atoms with Gasteiger partial charge in [0.15, 0.2) is 5.54 Å². The van der Waals surface area contributed by atoms with E-state index >= 15 is 0 Å². The molecular formula is C9H14F3NO4S. The van der Waals surface area contributed by atoms with Gasteiger partial charge < -0.3 is 15.2 Å². The Kier molecular flexibility index (Phi) is 6.47. The van der Waals surface area contributed by atoms with E-state index in [1.807, 2.05) is 0 Å². The van der Waals surface area contributed by atoms with E-state index in [-0.39, 0.29) is 6.61 Å². The highest BCUT2D eigenvalue weighted by atomic mass is 32.2. The number of alkyl halides is 3. The summed E-state index contributed by atoms with van der Waals surface area (Å²) in [7, 11) is 1.26. The molecule has 106 valence electrons. The fourth-order valence-corrected chi connectivity index (χ4v) is 1.63. The summed E-state index contributed by atoms with van der Waals surface area (Å²) in [5, 5.41) is 11.0. The number of aliphatic carboxylic acids is 1. The van der Waals surface area contributed by atoms with Crippen molar-refractivity contribution in [2.75, 3.05) is 25.2 Å². The van der Waals surface area contributed by atoms with Gasteiger partial charge in [-0.2, -0.15) is 13.2 Å². The summed E-state index contributed by atoms with van der Waals surface area (Å²) < 4.78 is 40.1. The van der Waals surface area contributed by atoms with Gasteiger partial charge in [-0.05, 0) is 6.92 Å². The lowest BCUT2D eigenvalue weighted by atomic mass is 10.0. The van der Waals surface area contributed by atoms with Crippen molar-refractivity contribution in [3.8, 4) is 0 Å². The van der Waals surface area contributed by atoms with Gasteiger partial charge in [-0.1, -0.05) is 0 Å². The first kappa shape index (κ1) is 17.0. The minimum Gasteiger partial charge on any atom is -0.479 e. The van der Waals surface area contributed by atoms with Crippen molar-refractivity contribution in [3.63, 3.8) is 0 Å². The van der Waals surface area contributed by atoms with Gasteiger partial charge in [0.2, 0.25) is 5.91 Å². The average molecular weight is 289 g/mol. The number of thioether (sulfide) groups is 1. The average Bonchev–Trinajstić information content (AvgIpc) is 2.15. The summed E-state index contributed by atoms with van der Waals surface area (Å²) in [5.41, 5.74) is -1.65. The van der Waals surface area contributed by atoms with Crippen LogP contribution in [-0.2, 0) is 14.3 Å². The Balaban J connectivity index is 4.24. The molecular weight excluding hydrogens is 275 g/mol. The highest BCUT2D eigenvalue weighted by molar-refractivity contribution is 8.00. The van der Waals surface area contributed by atoms with Crippen molar-refractivity contribution in [1.29, 1.82) is 0 Å². The van der Waals surface area contributed by atoms with E-state index in [1.54, 1.807) is 0 Å². The first-order chi connectivity index (χ1) is 8.10. The van der Waals surface area contributed by atoms with Crippen molar-refractivity contribution in [2.45, 2.75) is 18.6 Å². The Morgan fingerprint density at radius 3 is 2.33 bits per heavy atom. The molecule has 9 heteroatoms. The molecule has 0 bridgehead atoms. The van der Waals surface area contributed by atoms with Crippen LogP contribution in [0.25, 0.3) is 0 Å². The van der Waals surface area contributed by atoms with E-state index < -0.39 is 35.1 Å². The van der Waals surface area contributed by atoms with E-state index in [2.05, 4.69) is 10.1 Å². The van der Waals surface area contributed by atoms with Gasteiger partial charge in [-0.25, -0.2) is 4.79 Å². The lowest BCUT2D eigenvalue weighted by Gasteiger charge is -2.25. The number of methoxy groups -OCH3 is 1. The van der Waals surface area contributed by atoms with Crippen LogP contribution in [0, 0.1) is 0 Å². The normalized spacial score (nSPS) is 14.9. The second-order valence-corrected chi connectivity index (χ2v) is 4.71. The van der Waals surface area contributed by atoms with Crippen LogP contribution in [0.2, 0.25) is 0 Å². The first-order valence-corrected chi connectivity index (χ1v) is 5.94. The number of hydrogen-bond donors (Lipinski definition) is 2. The molecule has 0 radical (unpaired) electrons. The van der Waals surface area contributed by atoms with Crippen LogP contribution in [0.15, 0.2) is 0 Å².